The van der Waals surface area contributed by atoms with Crippen LogP contribution in [0, 0.1) is 5.41 Å². The fraction of sp³-hybridized carbons (Fsp3) is 0.118. The molecule has 0 saturated heterocycles. The monoisotopic (exact) mass is 267 g/mol. The normalized spacial score (nSPS) is 13.1. The zero-order chi connectivity index (χ0) is 13.7. The molecule has 0 aromatic heterocycles. The average Bonchev–Trinajstić information content (AvgIpc) is 2.48. The minimum Gasteiger partial charge on any atom is -0.300 e. The second-order valence-electron chi connectivity index (χ2n) is 4.56. The lowest BCUT2D eigenvalue weighted by atomic mass is 9.99. The van der Waals surface area contributed by atoms with Crippen LogP contribution in [0.4, 0.5) is 0 Å². The molecule has 0 aliphatic carbocycles. The largest absolute Gasteiger partial charge is 0.300 e. The van der Waals surface area contributed by atoms with E-state index in [1.807, 2.05) is 54.6 Å². The molecule has 0 aliphatic heterocycles. The van der Waals surface area contributed by atoms with Crippen molar-refractivity contribution in [3.63, 3.8) is 0 Å². The Bertz CT molecular complexity index is 573. The van der Waals surface area contributed by atoms with E-state index in [1.54, 1.807) is 0 Å². The number of rotatable bonds is 4. The van der Waals surface area contributed by atoms with Crippen molar-refractivity contribution >= 4 is 15.0 Å². The van der Waals surface area contributed by atoms with Gasteiger partial charge in [-0.3, -0.25) is 0 Å². The maximum Gasteiger partial charge on any atom is 0.0615 e. The summed E-state index contributed by atoms with van der Waals surface area (Å²) in [4.78, 5) is 0. The van der Waals surface area contributed by atoms with E-state index in [2.05, 4.69) is 28.3 Å². The number of benzene rings is 2. The van der Waals surface area contributed by atoms with Gasteiger partial charge in [0.15, 0.2) is 0 Å². The van der Waals surface area contributed by atoms with Crippen molar-refractivity contribution < 1.29 is 0 Å². The Morgan fingerprint density at radius 2 is 1.53 bits per heavy atom. The van der Waals surface area contributed by atoms with Crippen molar-refractivity contribution in [2.24, 2.45) is 0 Å². The fourth-order valence-corrected chi connectivity index (χ4v) is 2.29. The third-order valence-corrected chi connectivity index (χ3v) is 3.86. The highest BCUT2D eigenvalue weighted by molar-refractivity contribution is 7.22. The first-order valence-electron chi connectivity index (χ1n) is 6.34. The first-order valence-corrected chi connectivity index (χ1v) is 6.92. The second kappa shape index (κ2) is 6.45. The maximum absolute atomic E-state index is 8.13. The molecular weight excluding hydrogens is 249 g/mol. The van der Waals surface area contributed by atoms with Gasteiger partial charge < -0.3 is 5.41 Å². The molecule has 0 radical (unpaired) electrons. The summed E-state index contributed by atoms with van der Waals surface area (Å²) in [5.74, 6) is 0.301. The van der Waals surface area contributed by atoms with E-state index in [-0.39, 0.29) is 0 Å². The quantitative estimate of drug-likeness (QED) is 0.617. The first-order chi connectivity index (χ1) is 9.18. The van der Waals surface area contributed by atoms with Crippen molar-refractivity contribution in [2.75, 3.05) is 0 Å². The minimum atomic E-state index is 0.301. The van der Waals surface area contributed by atoms with E-state index in [1.165, 1.54) is 5.56 Å². The molecule has 2 rings (SSSR count). The number of nitrogens with one attached hydrogen (secondary N) is 1. The molecule has 2 heteroatoms. The highest BCUT2D eigenvalue weighted by Gasteiger charge is 2.08. The van der Waals surface area contributed by atoms with Crippen molar-refractivity contribution in [3.05, 3.63) is 83.2 Å². The van der Waals surface area contributed by atoms with E-state index in [4.69, 9.17) is 5.41 Å². The van der Waals surface area contributed by atoms with Crippen LogP contribution in [0.1, 0.15) is 24.0 Å². The summed E-state index contributed by atoms with van der Waals surface area (Å²) < 4.78 is 0. The highest BCUT2D eigenvalue weighted by atomic mass is 31.0. The molecule has 0 aliphatic rings. The zero-order valence-electron chi connectivity index (χ0n) is 11.0. The lowest BCUT2D eigenvalue weighted by Crippen LogP contribution is -1.98. The average molecular weight is 267 g/mol. The molecule has 2 unspecified atom stereocenters. The SMILES string of the molecule is CC(/C(P)=C/C(=N)c1ccccc1)c1ccccc1. The van der Waals surface area contributed by atoms with Crippen LogP contribution >= 0.6 is 9.24 Å². The van der Waals surface area contributed by atoms with Gasteiger partial charge >= 0.3 is 0 Å². The van der Waals surface area contributed by atoms with Gasteiger partial charge in [-0.25, -0.2) is 0 Å². The van der Waals surface area contributed by atoms with Crippen LogP contribution in [0.15, 0.2) is 72.1 Å². The van der Waals surface area contributed by atoms with Crippen molar-refractivity contribution in [2.45, 2.75) is 12.8 Å². The van der Waals surface area contributed by atoms with Gasteiger partial charge in [0.2, 0.25) is 0 Å². The molecule has 0 spiro atoms. The molecule has 0 saturated carbocycles. The molecule has 1 N–H and O–H groups in total. The highest BCUT2D eigenvalue weighted by Crippen LogP contribution is 2.28. The lowest BCUT2D eigenvalue weighted by molar-refractivity contribution is 0.952. The molecule has 0 heterocycles. The van der Waals surface area contributed by atoms with Crippen LogP contribution in [0.5, 0.6) is 0 Å². The summed E-state index contributed by atoms with van der Waals surface area (Å²) in [6.07, 6.45) is 1.93. The smallest absolute Gasteiger partial charge is 0.0615 e. The third kappa shape index (κ3) is 3.62. The Balaban J connectivity index is 2.18. The van der Waals surface area contributed by atoms with Crippen LogP contribution in [0.25, 0.3) is 0 Å². The molecule has 2 aromatic rings. The van der Waals surface area contributed by atoms with Crippen LogP contribution in [0.3, 0.4) is 0 Å². The maximum atomic E-state index is 8.13. The van der Waals surface area contributed by atoms with E-state index in [0.717, 1.165) is 10.9 Å². The van der Waals surface area contributed by atoms with Gasteiger partial charge in [-0.2, -0.15) is 0 Å². The molecule has 0 bridgehead atoms. The van der Waals surface area contributed by atoms with Crippen LogP contribution in [-0.4, -0.2) is 5.71 Å². The van der Waals surface area contributed by atoms with Crippen molar-refractivity contribution in [1.29, 1.82) is 5.41 Å². The molecule has 0 amide bonds. The van der Waals surface area contributed by atoms with E-state index in [0.29, 0.717) is 11.6 Å². The molecular formula is C17H18NP. The molecule has 0 fully saturated rings. The standard InChI is InChI=1S/C17H18NP/c1-13(14-8-4-2-5-9-14)17(19)12-16(18)15-10-6-3-7-11-15/h2-13,18H,19H2,1H3/b17-12-,18-16?. The number of hydrogen-bond acceptors (Lipinski definition) is 1. The van der Waals surface area contributed by atoms with E-state index >= 15 is 0 Å². The summed E-state index contributed by atoms with van der Waals surface area (Å²) in [6, 6.07) is 20.2. The Labute approximate surface area is 117 Å². The summed E-state index contributed by atoms with van der Waals surface area (Å²) in [5, 5.41) is 9.25. The van der Waals surface area contributed by atoms with Gasteiger partial charge in [0.25, 0.3) is 0 Å². The zero-order valence-corrected chi connectivity index (χ0v) is 12.2. The molecule has 96 valence electrons. The Morgan fingerprint density at radius 3 is 2.11 bits per heavy atom. The Kier molecular flexibility index (Phi) is 4.65. The molecule has 2 atom stereocenters. The van der Waals surface area contributed by atoms with Gasteiger partial charge in [0, 0.05) is 5.92 Å². The Hall–Kier alpha value is -1.72. The van der Waals surface area contributed by atoms with Gasteiger partial charge in [-0.1, -0.05) is 67.6 Å². The van der Waals surface area contributed by atoms with Crippen LogP contribution in [0.2, 0.25) is 0 Å². The first kappa shape index (κ1) is 13.7. The van der Waals surface area contributed by atoms with Crippen LogP contribution < -0.4 is 0 Å². The van der Waals surface area contributed by atoms with Gasteiger partial charge in [-0.15, -0.1) is 9.24 Å². The summed E-state index contributed by atoms with van der Waals surface area (Å²) in [5.41, 5.74) is 2.76. The Morgan fingerprint density at radius 1 is 1.00 bits per heavy atom. The van der Waals surface area contributed by atoms with Gasteiger partial charge in [0.1, 0.15) is 0 Å². The minimum absolute atomic E-state index is 0.301. The summed E-state index contributed by atoms with van der Waals surface area (Å²) in [6.45, 7) is 2.16. The van der Waals surface area contributed by atoms with E-state index in [9.17, 15) is 0 Å². The van der Waals surface area contributed by atoms with Gasteiger partial charge in [-0.05, 0) is 22.5 Å². The second-order valence-corrected chi connectivity index (χ2v) is 5.22. The summed E-state index contributed by atoms with van der Waals surface area (Å²) in [7, 11) is 2.76. The molecule has 1 nitrogen and oxygen atoms in total. The predicted octanol–water partition coefficient (Wildman–Crippen LogP) is 4.62. The summed E-state index contributed by atoms with van der Waals surface area (Å²) >= 11 is 0. The van der Waals surface area contributed by atoms with Crippen molar-refractivity contribution in [3.8, 4) is 0 Å². The molecule has 2 aromatic carbocycles. The fourth-order valence-electron chi connectivity index (χ4n) is 1.93. The lowest BCUT2D eigenvalue weighted by Gasteiger charge is -2.12. The topological polar surface area (TPSA) is 23.9 Å². The number of allylic oxidation sites excluding steroid dienone is 2. The predicted molar refractivity (Wildman–Crippen MR) is 85.9 cm³/mol. The van der Waals surface area contributed by atoms with Crippen LogP contribution in [-0.2, 0) is 0 Å². The van der Waals surface area contributed by atoms with Crippen molar-refractivity contribution in [1.82, 2.24) is 0 Å². The molecule has 19 heavy (non-hydrogen) atoms. The third-order valence-electron chi connectivity index (χ3n) is 3.20. The van der Waals surface area contributed by atoms with E-state index < -0.39 is 0 Å². The van der Waals surface area contributed by atoms with Gasteiger partial charge in [0.05, 0.1) is 5.71 Å². The number of hydrogen-bond donors (Lipinski definition) is 1.